The van der Waals surface area contributed by atoms with Crippen LogP contribution in [0.4, 0.5) is 0 Å². The van der Waals surface area contributed by atoms with Crippen molar-refractivity contribution in [3.05, 3.63) is 35.4 Å². The SMILES string of the molecule is CNC(CCN1CCCC1C)c1ccc(C)cc1. The number of hydrogen-bond acceptors (Lipinski definition) is 2. The van der Waals surface area contributed by atoms with E-state index in [0.29, 0.717) is 6.04 Å². The highest BCUT2D eigenvalue weighted by atomic mass is 15.2. The van der Waals surface area contributed by atoms with Gasteiger partial charge in [-0.25, -0.2) is 0 Å². The third-order valence-electron chi connectivity index (χ3n) is 4.22. The average molecular weight is 246 g/mol. The summed E-state index contributed by atoms with van der Waals surface area (Å²) in [6.45, 7) is 6.99. The standard InChI is InChI=1S/C16H26N2/c1-13-6-8-15(9-7-13)16(17-3)10-12-18-11-4-5-14(18)2/h6-9,14,16-17H,4-5,10-12H2,1-3H3. The highest BCUT2D eigenvalue weighted by Crippen LogP contribution is 2.21. The Labute approximate surface area is 111 Å². The molecule has 1 aromatic rings. The molecule has 1 aliphatic rings. The van der Waals surface area contributed by atoms with Crippen LogP contribution in [0.15, 0.2) is 24.3 Å². The maximum absolute atomic E-state index is 3.45. The van der Waals surface area contributed by atoms with Gasteiger partial charge in [0, 0.05) is 18.6 Å². The maximum Gasteiger partial charge on any atom is 0.0329 e. The van der Waals surface area contributed by atoms with E-state index in [9.17, 15) is 0 Å². The lowest BCUT2D eigenvalue weighted by atomic mass is 10.0. The molecule has 0 spiro atoms. The smallest absolute Gasteiger partial charge is 0.0329 e. The van der Waals surface area contributed by atoms with Crippen LogP contribution in [0.2, 0.25) is 0 Å². The van der Waals surface area contributed by atoms with Gasteiger partial charge in [0.15, 0.2) is 0 Å². The number of rotatable bonds is 5. The molecule has 1 heterocycles. The van der Waals surface area contributed by atoms with Crippen LogP contribution in [-0.4, -0.2) is 31.1 Å². The summed E-state index contributed by atoms with van der Waals surface area (Å²) >= 11 is 0. The Morgan fingerprint density at radius 1 is 1.33 bits per heavy atom. The van der Waals surface area contributed by atoms with Crippen LogP contribution < -0.4 is 5.32 Å². The molecular formula is C16H26N2. The third-order valence-corrected chi connectivity index (χ3v) is 4.22. The van der Waals surface area contributed by atoms with Crippen LogP contribution in [0.25, 0.3) is 0 Å². The lowest BCUT2D eigenvalue weighted by Crippen LogP contribution is -2.30. The van der Waals surface area contributed by atoms with E-state index in [1.54, 1.807) is 0 Å². The molecule has 2 rings (SSSR count). The molecule has 2 nitrogen and oxygen atoms in total. The van der Waals surface area contributed by atoms with Crippen molar-refractivity contribution in [3.8, 4) is 0 Å². The highest BCUT2D eigenvalue weighted by Gasteiger charge is 2.20. The van der Waals surface area contributed by atoms with E-state index >= 15 is 0 Å². The molecule has 1 saturated heterocycles. The molecular weight excluding hydrogens is 220 g/mol. The molecule has 18 heavy (non-hydrogen) atoms. The van der Waals surface area contributed by atoms with Crippen molar-refractivity contribution in [2.75, 3.05) is 20.1 Å². The molecule has 0 bridgehead atoms. The predicted molar refractivity (Wildman–Crippen MR) is 77.9 cm³/mol. The van der Waals surface area contributed by atoms with Gasteiger partial charge in [-0.15, -0.1) is 0 Å². The summed E-state index contributed by atoms with van der Waals surface area (Å²) < 4.78 is 0. The zero-order chi connectivity index (χ0) is 13.0. The fraction of sp³-hybridized carbons (Fsp3) is 0.625. The van der Waals surface area contributed by atoms with Crippen molar-refractivity contribution in [2.24, 2.45) is 0 Å². The number of nitrogens with one attached hydrogen (secondary N) is 1. The summed E-state index contributed by atoms with van der Waals surface area (Å²) in [6, 6.07) is 10.2. The summed E-state index contributed by atoms with van der Waals surface area (Å²) in [4.78, 5) is 2.62. The van der Waals surface area contributed by atoms with Crippen molar-refractivity contribution < 1.29 is 0 Å². The Bertz CT molecular complexity index is 358. The van der Waals surface area contributed by atoms with Crippen molar-refractivity contribution in [1.29, 1.82) is 0 Å². The summed E-state index contributed by atoms with van der Waals surface area (Å²) in [7, 11) is 2.07. The van der Waals surface area contributed by atoms with Gasteiger partial charge in [0.1, 0.15) is 0 Å². The first-order valence-electron chi connectivity index (χ1n) is 7.18. The Kier molecular flexibility index (Phi) is 4.79. The van der Waals surface area contributed by atoms with Gasteiger partial charge < -0.3 is 10.2 Å². The van der Waals surface area contributed by atoms with Crippen LogP contribution in [-0.2, 0) is 0 Å². The second-order valence-corrected chi connectivity index (χ2v) is 5.57. The van der Waals surface area contributed by atoms with Crippen LogP contribution in [0, 0.1) is 6.92 Å². The zero-order valence-electron chi connectivity index (χ0n) is 11.9. The number of hydrogen-bond donors (Lipinski definition) is 1. The van der Waals surface area contributed by atoms with Gasteiger partial charge in [-0.05, 0) is 52.3 Å². The van der Waals surface area contributed by atoms with Gasteiger partial charge in [-0.1, -0.05) is 29.8 Å². The number of likely N-dealkylation sites (tertiary alicyclic amines) is 1. The summed E-state index contributed by atoms with van der Waals surface area (Å²) in [5.74, 6) is 0. The second-order valence-electron chi connectivity index (χ2n) is 5.57. The van der Waals surface area contributed by atoms with Gasteiger partial charge in [0.05, 0.1) is 0 Å². The van der Waals surface area contributed by atoms with Crippen LogP contribution in [0.1, 0.15) is 43.4 Å². The zero-order valence-corrected chi connectivity index (χ0v) is 11.9. The summed E-state index contributed by atoms with van der Waals surface area (Å²) in [6.07, 6.45) is 3.94. The minimum Gasteiger partial charge on any atom is -0.313 e. The molecule has 0 radical (unpaired) electrons. The van der Waals surface area contributed by atoms with E-state index in [-0.39, 0.29) is 0 Å². The predicted octanol–water partition coefficient (Wildman–Crippen LogP) is 3.13. The minimum absolute atomic E-state index is 0.485. The van der Waals surface area contributed by atoms with Gasteiger partial charge in [-0.2, -0.15) is 0 Å². The highest BCUT2D eigenvalue weighted by molar-refractivity contribution is 5.24. The Morgan fingerprint density at radius 2 is 2.06 bits per heavy atom. The van der Waals surface area contributed by atoms with Crippen LogP contribution >= 0.6 is 0 Å². The Morgan fingerprint density at radius 3 is 2.61 bits per heavy atom. The molecule has 1 fully saturated rings. The quantitative estimate of drug-likeness (QED) is 0.858. The van der Waals surface area contributed by atoms with E-state index in [1.807, 2.05) is 0 Å². The van der Waals surface area contributed by atoms with Crippen molar-refractivity contribution in [3.63, 3.8) is 0 Å². The molecule has 2 unspecified atom stereocenters. The lowest BCUT2D eigenvalue weighted by molar-refractivity contribution is 0.253. The molecule has 1 aromatic carbocycles. The second kappa shape index (κ2) is 6.35. The summed E-state index contributed by atoms with van der Waals surface area (Å²) in [5.41, 5.74) is 2.75. The molecule has 2 heteroatoms. The van der Waals surface area contributed by atoms with Gasteiger partial charge in [-0.3, -0.25) is 0 Å². The van der Waals surface area contributed by atoms with Crippen molar-refractivity contribution in [2.45, 2.75) is 45.2 Å². The molecule has 2 atom stereocenters. The molecule has 1 aliphatic heterocycles. The molecule has 100 valence electrons. The van der Waals surface area contributed by atoms with E-state index in [2.05, 4.69) is 55.4 Å². The topological polar surface area (TPSA) is 15.3 Å². The van der Waals surface area contributed by atoms with E-state index in [0.717, 1.165) is 6.04 Å². The molecule has 1 N–H and O–H groups in total. The third kappa shape index (κ3) is 3.33. The summed E-state index contributed by atoms with van der Waals surface area (Å²) in [5, 5.41) is 3.45. The molecule has 0 aromatic heterocycles. The van der Waals surface area contributed by atoms with Crippen molar-refractivity contribution >= 4 is 0 Å². The average Bonchev–Trinajstić information content (AvgIpc) is 2.78. The van der Waals surface area contributed by atoms with E-state index < -0.39 is 0 Å². The molecule has 0 amide bonds. The van der Waals surface area contributed by atoms with E-state index in [1.165, 1.54) is 43.5 Å². The fourth-order valence-corrected chi connectivity index (χ4v) is 2.90. The maximum atomic E-state index is 3.45. The Balaban J connectivity index is 1.91. The number of aryl methyl sites for hydroxylation is 1. The first-order valence-corrected chi connectivity index (χ1v) is 7.18. The minimum atomic E-state index is 0.485. The molecule has 0 aliphatic carbocycles. The van der Waals surface area contributed by atoms with Gasteiger partial charge in [0.25, 0.3) is 0 Å². The van der Waals surface area contributed by atoms with Crippen LogP contribution in [0.3, 0.4) is 0 Å². The van der Waals surface area contributed by atoms with Gasteiger partial charge >= 0.3 is 0 Å². The normalized spacial score (nSPS) is 22.3. The largest absolute Gasteiger partial charge is 0.313 e. The number of nitrogens with zero attached hydrogens (tertiary/aromatic N) is 1. The van der Waals surface area contributed by atoms with Gasteiger partial charge in [0.2, 0.25) is 0 Å². The first-order chi connectivity index (χ1) is 8.70. The molecule has 0 saturated carbocycles. The lowest BCUT2D eigenvalue weighted by Gasteiger charge is -2.24. The first kappa shape index (κ1) is 13.6. The van der Waals surface area contributed by atoms with Crippen LogP contribution in [0.5, 0.6) is 0 Å². The fourth-order valence-electron chi connectivity index (χ4n) is 2.90. The van der Waals surface area contributed by atoms with Crippen molar-refractivity contribution in [1.82, 2.24) is 10.2 Å². The van der Waals surface area contributed by atoms with E-state index in [4.69, 9.17) is 0 Å². The Hall–Kier alpha value is -0.860. The monoisotopic (exact) mass is 246 g/mol. The number of benzene rings is 1.